The largest absolute Gasteiger partial charge is 0.207 e. The van der Waals surface area contributed by atoms with Crippen molar-refractivity contribution in [3.05, 3.63) is 36.7 Å². The van der Waals surface area contributed by atoms with Crippen LogP contribution in [0.4, 0.5) is 4.39 Å². The Morgan fingerprint density at radius 1 is 1.50 bits per heavy atom. The second-order valence-corrected chi connectivity index (χ2v) is 2.39. The molecule has 0 saturated heterocycles. The van der Waals surface area contributed by atoms with Gasteiger partial charge >= 0.3 is 0 Å². The van der Waals surface area contributed by atoms with Gasteiger partial charge in [-0.1, -0.05) is 32.6 Å². The first-order chi connectivity index (χ1) is 4.66. The van der Waals surface area contributed by atoms with Crippen LogP contribution in [0.3, 0.4) is 0 Å². The van der Waals surface area contributed by atoms with Gasteiger partial charge in [0.05, 0.1) is 0 Å². The van der Waals surface area contributed by atoms with Crippen LogP contribution >= 0.6 is 0 Å². The molecule has 0 fully saturated rings. The van der Waals surface area contributed by atoms with E-state index < -0.39 is 0 Å². The molecule has 0 radical (unpaired) electrons. The van der Waals surface area contributed by atoms with Crippen LogP contribution in [-0.4, -0.2) is 0 Å². The van der Waals surface area contributed by atoms with Gasteiger partial charge in [0.2, 0.25) is 0 Å². The van der Waals surface area contributed by atoms with Gasteiger partial charge in [-0.25, -0.2) is 4.39 Å². The molecule has 0 atom stereocenters. The van der Waals surface area contributed by atoms with E-state index in [0.717, 1.165) is 0 Å². The summed E-state index contributed by atoms with van der Waals surface area (Å²) in [5, 5.41) is 0. The summed E-state index contributed by atoms with van der Waals surface area (Å²) in [6, 6.07) is 0. The minimum Gasteiger partial charge on any atom is -0.207 e. The topological polar surface area (TPSA) is 0 Å². The van der Waals surface area contributed by atoms with E-state index in [1.807, 2.05) is 13.8 Å². The number of hydrogen-bond acceptors (Lipinski definition) is 0. The summed E-state index contributed by atoms with van der Waals surface area (Å²) in [4.78, 5) is 0. The Morgan fingerprint density at radius 3 is 2.50 bits per heavy atom. The summed E-state index contributed by atoms with van der Waals surface area (Å²) in [5.41, 5.74) is 0. The lowest BCUT2D eigenvalue weighted by Gasteiger charge is -1.90. The Labute approximate surface area is 61.8 Å². The molecule has 0 aliphatic heterocycles. The van der Waals surface area contributed by atoms with Crippen LogP contribution < -0.4 is 0 Å². The number of halogens is 1. The Kier molecular flexibility index (Phi) is 4.55. The van der Waals surface area contributed by atoms with E-state index in [2.05, 4.69) is 6.58 Å². The van der Waals surface area contributed by atoms with Crippen molar-refractivity contribution >= 4 is 0 Å². The molecule has 0 saturated carbocycles. The predicted octanol–water partition coefficient (Wildman–Crippen LogP) is 3.24. The van der Waals surface area contributed by atoms with Gasteiger partial charge in [-0.2, -0.15) is 0 Å². The first-order valence-corrected chi connectivity index (χ1v) is 3.33. The molecule has 0 aliphatic carbocycles. The van der Waals surface area contributed by atoms with Gasteiger partial charge in [0.25, 0.3) is 0 Å². The van der Waals surface area contributed by atoms with Crippen molar-refractivity contribution in [2.24, 2.45) is 5.92 Å². The molecule has 0 nitrogen and oxygen atoms in total. The standard InChI is InChI=1S/C9H13F/c1-4-5-9(10)7-6-8(2)3/h4-8H,1H2,2-3H3/b7-6-,9-5+. The van der Waals surface area contributed by atoms with E-state index in [-0.39, 0.29) is 5.83 Å². The van der Waals surface area contributed by atoms with Gasteiger partial charge in [0.1, 0.15) is 5.83 Å². The van der Waals surface area contributed by atoms with Crippen molar-refractivity contribution < 1.29 is 4.39 Å². The fraction of sp³-hybridized carbons (Fsp3) is 0.333. The lowest BCUT2D eigenvalue weighted by molar-refractivity contribution is 0.663. The van der Waals surface area contributed by atoms with Crippen molar-refractivity contribution in [2.75, 3.05) is 0 Å². The summed E-state index contributed by atoms with van der Waals surface area (Å²) >= 11 is 0. The molecule has 0 spiro atoms. The van der Waals surface area contributed by atoms with Crippen molar-refractivity contribution in [3.8, 4) is 0 Å². The van der Waals surface area contributed by atoms with Gasteiger partial charge in [-0.05, 0) is 18.1 Å². The van der Waals surface area contributed by atoms with E-state index in [1.165, 1.54) is 18.2 Å². The highest BCUT2D eigenvalue weighted by molar-refractivity contribution is 5.16. The predicted molar refractivity (Wildman–Crippen MR) is 43.4 cm³/mol. The third-order valence-corrected chi connectivity index (χ3v) is 0.917. The van der Waals surface area contributed by atoms with Crippen molar-refractivity contribution in [1.29, 1.82) is 0 Å². The van der Waals surface area contributed by atoms with Crippen LogP contribution in [0.25, 0.3) is 0 Å². The van der Waals surface area contributed by atoms with Gasteiger partial charge in [0.15, 0.2) is 0 Å². The molecule has 0 aromatic heterocycles. The molecule has 0 amide bonds. The van der Waals surface area contributed by atoms with Crippen LogP contribution in [-0.2, 0) is 0 Å². The highest BCUT2D eigenvalue weighted by Gasteiger charge is 1.85. The second-order valence-electron chi connectivity index (χ2n) is 2.39. The fourth-order valence-corrected chi connectivity index (χ4v) is 0.453. The van der Waals surface area contributed by atoms with E-state index in [4.69, 9.17) is 0 Å². The van der Waals surface area contributed by atoms with Gasteiger partial charge < -0.3 is 0 Å². The van der Waals surface area contributed by atoms with E-state index in [9.17, 15) is 4.39 Å². The summed E-state index contributed by atoms with van der Waals surface area (Å²) in [7, 11) is 0. The van der Waals surface area contributed by atoms with Crippen molar-refractivity contribution in [1.82, 2.24) is 0 Å². The molecular formula is C9H13F. The lowest BCUT2D eigenvalue weighted by atomic mass is 10.2. The first kappa shape index (κ1) is 9.15. The Bertz CT molecular complexity index is 152. The molecule has 56 valence electrons. The second kappa shape index (κ2) is 4.98. The summed E-state index contributed by atoms with van der Waals surface area (Å²) in [6.45, 7) is 7.37. The Morgan fingerprint density at radius 2 is 2.10 bits per heavy atom. The van der Waals surface area contributed by atoms with Crippen LogP contribution in [0.1, 0.15) is 13.8 Å². The smallest absolute Gasteiger partial charge is 0.122 e. The van der Waals surface area contributed by atoms with Crippen molar-refractivity contribution in [3.63, 3.8) is 0 Å². The van der Waals surface area contributed by atoms with Gasteiger partial charge in [-0.15, -0.1) is 0 Å². The number of hydrogen-bond donors (Lipinski definition) is 0. The molecular weight excluding hydrogens is 127 g/mol. The maximum atomic E-state index is 12.5. The lowest BCUT2D eigenvalue weighted by Crippen LogP contribution is -1.76. The normalized spacial score (nSPS) is 13.0. The molecule has 0 rings (SSSR count). The molecule has 0 aromatic rings. The maximum Gasteiger partial charge on any atom is 0.122 e. The average Bonchev–Trinajstić information content (AvgIpc) is 1.85. The zero-order valence-corrected chi connectivity index (χ0v) is 6.47. The van der Waals surface area contributed by atoms with Crippen LogP contribution in [0, 0.1) is 5.92 Å². The fourth-order valence-electron chi connectivity index (χ4n) is 0.453. The highest BCUT2D eigenvalue weighted by atomic mass is 19.1. The maximum absolute atomic E-state index is 12.5. The number of rotatable bonds is 3. The van der Waals surface area contributed by atoms with Crippen LogP contribution in [0.5, 0.6) is 0 Å². The van der Waals surface area contributed by atoms with E-state index in [0.29, 0.717) is 5.92 Å². The quantitative estimate of drug-likeness (QED) is 0.528. The average molecular weight is 140 g/mol. The van der Waals surface area contributed by atoms with Crippen molar-refractivity contribution in [2.45, 2.75) is 13.8 Å². The van der Waals surface area contributed by atoms with Crippen LogP contribution in [0.15, 0.2) is 36.7 Å². The summed E-state index contributed by atoms with van der Waals surface area (Å²) in [6.07, 6.45) is 6.01. The molecule has 0 N–H and O–H groups in total. The van der Waals surface area contributed by atoms with E-state index >= 15 is 0 Å². The highest BCUT2D eigenvalue weighted by Crippen LogP contribution is 2.02. The minimum absolute atomic E-state index is 0.247. The summed E-state index contributed by atoms with van der Waals surface area (Å²) in [5.74, 6) is 0.146. The third-order valence-electron chi connectivity index (χ3n) is 0.917. The van der Waals surface area contributed by atoms with Crippen LogP contribution in [0.2, 0.25) is 0 Å². The molecule has 1 heteroatoms. The monoisotopic (exact) mass is 140 g/mol. The minimum atomic E-state index is -0.247. The molecule has 0 aliphatic rings. The third kappa shape index (κ3) is 5.29. The molecule has 0 aromatic carbocycles. The summed E-state index contributed by atoms with van der Waals surface area (Å²) < 4.78 is 12.5. The number of allylic oxidation sites excluding steroid dienone is 5. The molecule has 0 unspecified atom stereocenters. The molecule has 10 heavy (non-hydrogen) atoms. The first-order valence-electron chi connectivity index (χ1n) is 3.33. The zero-order chi connectivity index (χ0) is 7.98. The van der Waals surface area contributed by atoms with Gasteiger partial charge in [0, 0.05) is 0 Å². The zero-order valence-electron chi connectivity index (χ0n) is 6.47. The Balaban J connectivity index is 3.88. The molecule has 0 bridgehead atoms. The van der Waals surface area contributed by atoms with E-state index in [1.54, 1.807) is 6.08 Å². The SMILES string of the molecule is C=C/C=C(F)\C=C/C(C)C. The molecule has 0 heterocycles. The van der Waals surface area contributed by atoms with Gasteiger partial charge in [-0.3, -0.25) is 0 Å². The Hall–Kier alpha value is -0.850.